The summed E-state index contributed by atoms with van der Waals surface area (Å²) < 4.78 is 0. The molecule has 0 N–H and O–H groups in total. The third-order valence-electron chi connectivity index (χ3n) is 6.08. The quantitative estimate of drug-likeness (QED) is 0.386. The summed E-state index contributed by atoms with van der Waals surface area (Å²) in [6.45, 7) is 11.5. The standard InChI is InChI=1S/C23H30O/c1-16(10-13-24)6-7-17-14-19(17)18-8-9-20-21(15-18)23(4,5)12-11-22(20,2)3/h6-10,13,15,17,19H,11-12,14H2,1-5H3/b7-6+,16-10+. The predicted octanol–water partition coefficient (Wildman–Crippen LogP) is 5.84. The van der Waals surface area contributed by atoms with E-state index in [1.54, 1.807) is 17.2 Å². The summed E-state index contributed by atoms with van der Waals surface area (Å²) in [5.41, 5.74) is 6.20. The molecule has 1 aromatic rings. The molecule has 1 fully saturated rings. The molecule has 3 rings (SSSR count). The smallest absolute Gasteiger partial charge is 0.143 e. The first-order chi connectivity index (χ1) is 11.2. The number of carbonyl (C=O) groups is 1. The summed E-state index contributed by atoms with van der Waals surface area (Å²) >= 11 is 0. The van der Waals surface area contributed by atoms with E-state index in [0.717, 1.165) is 11.9 Å². The first kappa shape index (κ1) is 17.2. The fourth-order valence-corrected chi connectivity index (χ4v) is 4.09. The fraction of sp³-hybridized carbons (Fsp3) is 0.522. The van der Waals surface area contributed by atoms with Crippen molar-refractivity contribution in [3.05, 3.63) is 58.7 Å². The highest BCUT2D eigenvalue weighted by Gasteiger charge is 2.40. The van der Waals surface area contributed by atoms with Crippen molar-refractivity contribution in [1.82, 2.24) is 0 Å². The second-order valence-corrected chi connectivity index (χ2v) is 8.98. The third kappa shape index (κ3) is 3.27. The molecule has 0 amide bonds. The molecule has 0 aromatic heterocycles. The zero-order valence-corrected chi connectivity index (χ0v) is 15.7. The molecule has 2 aliphatic carbocycles. The fourth-order valence-electron chi connectivity index (χ4n) is 4.09. The molecule has 0 radical (unpaired) electrons. The second-order valence-electron chi connectivity index (χ2n) is 8.98. The third-order valence-corrected chi connectivity index (χ3v) is 6.08. The maximum absolute atomic E-state index is 10.5. The van der Waals surface area contributed by atoms with Gasteiger partial charge in [0, 0.05) is 0 Å². The van der Waals surface area contributed by atoms with Crippen LogP contribution in [0.25, 0.3) is 0 Å². The van der Waals surface area contributed by atoms with Crippen LogP contribution in [0.2, 0.25) is 0 Å². The van der Waals surface area contributed by atoms with Crippen molar-refractivity contribution in [3.63, 3.8) is 0 Å². The molecular weight excluding hydrogens is 292 g/mol. The molecule has 128 valence electrons. The minimum Gasteiger partial charge on any atom is -0.299 e. The highest BCUT2D eigenvalue weighted by Crippen LogP contribution is 2.52. The number of allylic oxidation sites excluding steroid dienone is 4. The predicted molar refractivity (Wildman–Crippen MR) is 102 cm³/mol. The Labute approximate surface area is 146 Å². The van der Waals surface area contributed by atoms with E-state index in [4.69, 9.17) is 0 Å². The summed E-state index contributed by atoms with van der Waals surface area (Å²) in [6, 6.07) is 7.24. The maximum Gasteiger partial charge on any atom is 0.143 e. The van der Waals surface area contributed by atoms with Crippen LogP contribution in [0.15, 0.2) is 42.0 Å². The molecule has 24 heavy (non-hydrogen) atoms. The number of rotatable bonds is 4. The minimum atomic E-state index is 0.282. The number of aldehydes is 1. The Kier molecular flexibility index (Phi) is 4.32. The minimum absolute atomic E-state index is 0.282. The van der Waals surface area contributed by atoms with Gasteiger partial charge in [-0.1, -0.05) is 58.0 Å². The van der Waals surface area contributed by atoms with Crippen LogP contribution in [0, 0.1) is 5.92 Å². The zero-order valence-electron chi connectivity index (χ0n) is 15.7. The van der Waals surface area contributed by atoms with Gasteiger partial charge >= 0.3 is 0 Å². The lowest BCUT2D eigenvalue weighted by Crippen LogP contribution is -2.33. The summed E-state index contributed by atoms with van der Waals surface area (Å²) in [5.74, 6) is 1.27. The average Bonchev–Trinajstić information content (AvgIpc) is 3.30. The molecule has 0 spiro atoms. The highest BCUT2D eigenvalue weighted by atomic mass is 16.1. The van der Waals surface area contributed by atoms with Crippen LogP contribution < -0.4 is 0 Å². The van der Waals surface area contributed by atoms with Gasteiger partial charge < -0.3 is 0 Å². The maximum atomic E-state index is 10.5. The molecule has 0 heterocycles. The number of benzene rings is 1. The van der Waals surface area contributed by atoms with Gasteiger partial charge in [0.2, 0.25) is 0 Å². The molecule has 2 aliphatic rings. The largest absolute Gasteiger partial charge is 0.299 e. The van der Waals surface area contributed by atoms with Crippen molar-refractivity contribution in [1.29, 1.82) is 0 Å². The molecular formula is C23H30O. The molecule has 0 aliphatic heterocycles. The second kappa shape index (κ2) is 6.02. The zero-order chi connectivity index (χ0) is 17.5. The van der Waals surface area contributed by atoms with E-state index in [-0.39, 0.29) is 5.41 Å². The number of carbonyl (C=O) groups excluding carboxylic acids is 1. The van der Waals surface area contributed by atoms with Crippen LogP contribution in [0.1, 0.15) is 76.5 Å². The first-order valence-electron chi connectivity index (χ1n) is 9.20. The van der Waals surface area contributed by atoms with E-state index in [1.165, 1.54) is 24.8 Å². The van der Waals surface area contributed by atoms with Gasteiger partial charge in [0.05, 0.1) is 0 Å². The first-order valence-corrected chi connectivity index (χ1v) is 9.20. The molecule has 1 saturated carbocycles. The Morgan fingerprint density at radius 2 is 1.75 bits per heavy atom. The Bertz CT molecular complexity index is 703. The van der Waals surface area contributed by atoms with E-state index >= 15 is 0 Å². The van der Waals surface area contributed by atoms with Crippen molar-refractivity contribution in [3.8, 4) is 0 Å². The van der Waals surface area contributed by atoms with Crippen molar-refractivity contribution < 1.29 is 4.79 Å². The summed E-state index contributed by atoms with van der Waals surface area (Å²) in [7, 11) is 0. The van der Waals surface area contributed by atoms with Gasteiger partial charge in [0.25, 0.3) is 0 Å². The van der Waals surface area contributed by atoms with E-state index < -0.39 is 0 Å². The Morgan fingerprint density at radius 3 is 2.42 bits per heavy atom. The van der Waals surface area contributed by atoms with Crippen molar-refractivity contribution in [2.24, 2.45) is 5.92 Å². The summed E-state index contributed by atoms with van der Waals surface area (Å²) in [4.78, 5) is 10.5. The molecule has 0 saturated heterocycles. The lowest BCUT2D eigenvalue weighted by molar-refractivity contribution is -0.104. The SMILES string of the molecule is CC(/C=C/C1CC1c1ccc2c(c1)C(C)(C)CCC2(C)C)=C\C=O. The molecule has 2 unspecified atom stereocenters. The summed E-state index contributed by atoms with van der Waals surface area (Å²) in [6.07, 6.45) is 10.6. The monoisotopic (exact) mass is 322 g/mol. The topological polar surface area (TPSA) is 17.1 Å². The molecule has 1 nitrogen and oxygen atoms in total. The molecule has 2 atom stereocenters. The summed E-state index contributed by atoms with van der Waals surface area (Å²) in [5, 5.41) is 0. The van der Waals surface area contributed by atoms with Crippen molar-refractivity contribution in [2.45, 2.75) is 70.6 Å². The van der Waals surface area contributed by atoms with Crippen LogP contribution in [0.5, 0.6) is 0 Å². The lowest BCUT2D eigenvalue weighted by Gasteiger charge is -2.42. The molecule has 0 bridgehead atoms. The van der Waals surface area contributed by atoms with Gasteiger partial charge in [-0.15, -0.1) is 0 Å². The van der Waals surface area contributed by atoms with Crippen LogP contribution in [-0.4, -0.2) is 6.29 Å². The van der Waals surface area contributed by atoms with Crippen LogP contribution in [-0.2, 0) is 15.6 Å². The normalized spacial score (nSPS) is 27.8. The van der Waals surface area contributed by atoms with Gasteiger partial charge in [-0.25, -0.2) is 0 Å². The van der Waals surface area contributed by atoms with Gasteiger partial charge in [-0.2, -0.15) is 0 Å². The van der Waals surface area contributed by atoms with E-state index in [2.05, 4.69) is 58.0 Å². The van der Waals surface area contributed by atoms with E-state index in [9.17, 15) is 4.79 Å². The molecule has 1 aromatic carbocycles. The number of fused-ring (bicyclic) bond motifs is 1. The number of hydrogen-bond acceptors (Lipinski definition) is 1. The van der Waals surface area contributed by atoms with Crippen molar-refractivity contribution in [2.75, 3.05) is 0 Å². The van der Waals surface area contributed by atoms with Crippen molar-refractivity contribution >= 4 is 6.29 Å². The number of hydrogen-bond donors (Lipinski definition) is 0. The Balaban J connectivity index is 1.83. The highest BCUT2D eigenvalue weighted by molar-refractivity contribution is 5.66. The Hall–Kier alpha value is -1.63. The van der Waals surface area contributed by atoms with Crippen LogP contribution >= 0.6 is 0 Å². The van der Waals surface area contributed by atoms with Gasteiger partial charge in [0.1, 0.15) is 6.29 Å². The Morgan fingerprint density at radius 1 is 1.08 bits per heavy atom. The van der Waals surface area contributed by atoms with Gasteiger partial charge in [0.15, 0.2) is 0 Å². The molecule has 1 heteroatoms. The average molecular weight is 322 g/mol. The van der Waals surface area contributed by atoms with Gasteiger partial charge in [-0.05, 0) is 77.2 Å². The van der Waals surface area contributed by atoms with Crippen LogP contribution in [0.3, 0.4) is 0 Å². The van der Waals surface area contributed by atoms with E-state index in [0.29, 0.717) is 17.3 Å². The lowest BCUT2D eigenvalue weighted by atomic mass is 9.63. The van der Waals surface area contributed by atoms with Gasteiger partial charge in [-0.3, -0.25) is 4.79 Å². The van der Waals surface area contributed by atoms with Crippen LogP contribution in [0.4, 0.5) is 0 Å². The van der Waals surface area contributed by atoms with E-state index in [1.807, 2.05) is 6.92 Å².